The van der Waals surface area contributed by atoms with Crippen LogP contribution in [0.1, 0.15) is 36.2 Å². The van der Waals surface area contributed by atoms with Crippen LogP contribution in [0.3, 0.4) is 0 Å². The maximum Gasteiger partial charge on any atom is 0.288 e. The maximum absolute atomic E-state index is 12.0. The minimum Gasteiger partial charge on any atom is -0.459 e. The molecule has 1 unspecified atom stereocenters. The fourth-order valence-corrected chi connectivity index (χ4v) is 3.16. The number of furan rings is 1. The van der Waals surface area contributed by atoms with Gasteiger partial charge in [-0.3, -0.25) is 10.1 Å². The Balaban J connectivity index is 1.97. The van der Waals surface area contributed by atoms with Gasteiger partial charge in [-0.25, -0.2) is 0 Å². The van der Waals surface area contributed by atoms with E-state index in [0.717, 1.165) is 25.7 Å². The third-order valence-electron chi connectivity index (χ3n) is 3.41. The van der Waals surface area contributed by atoms with Gasteiger partial charge in [-0.1, -0.05) is 50.7 Å². The lowest BCUT2D eigenvalue weighted by Gasteiger charge is -2.33. The molecule has 0 aromatic carbocycles. The van der Waals surface area contributed by atoms with Gasteiger partial charge in [0.1, 0.15) is 6.17 Å². The Morgan fingerprint density at radius 3 is 2.52 bits per heavy atom. The number of alkyl halides is 4. The van der Waals surface area contributed by atoms with Gasteiger partial charge in [-0.15, -0.1) is 0 Å². The minimum atomic E-state index is -1.65. The quantitative estimate of drug-likeness (QED) is 0.574. The van der Waals surface area contributed by atoms with E-state index < -0.39 is 15.9 Å². The number of rotatable bonds is 4. The van der Waals surface area contributed by atoms with Gasteiger partial charge >= 0.3 is 0 Å². The SMILES string of the molecule is O=C(NC(NC1CCC(Br)CC1)C(Cl)(Cl)Cl)c1ccco1. The Bertz CT molecular complexity index is 456. The highest BCUT2D eigenvalue weighted by molar-refractivity contribution is 9.09. The Morgan fingerprint density at radius 2 is 2.00 bits per heavy atom. The number of halogens is 4. The number of hydrogen-bond donors (Lipinski definition) is 2. The molecule has 1 atom stereocenters. The van der Waals surface area contributed by atoms with E-state index in [4.69, 9.17) is 39.2 Å². The van der Waals surface area contributed by atoms with E-state index in [1.54, 1.807) is 12.1 Å². The lowest BCUT2D eigenvalue weighted by molar-refractivity contribution is 0.0896. The highest BCUT2D eigenvalue weighted by atomic mass is 79.9. The molecule has 1 fully saturated rings. The highest BCUT2D eigenvalue weighted by Gasteiger charge is 2.36. The Hall–Kier alpha value is 0.0600. The number of nitrogens with one attached hydrogen (secondary N) is 2. The number of carbonyl (C=O) groups excluding carboxylic acids is 1. The van der Waals surface area contributed by atoms with E-state index in [0.29, 0.717) is 4.83 Å². The van der Waals surface area contributed by atoms with Crippen molar-refractivity contribution < 1.29 is 9.21 Å². The third-order valence-corrected chi connectivity index (χ3v) is 4.98. The van der Waals surface area contributed by atoms with Crippen LogP contribution in [0.25, 0.3) is 0 Å². The summed E-state index contributed by atoms with van der Waals surface area (Å²) in [7, 11) is 0. The largest absolute Gasteiger partial charge is 0.459 e. The highest BCUT2D eigenvalue weighted by Crippen LogP contribution is 2.31. The minimum absolute atomic E-state index is 0.181. The van der Waals surface area contributed by atoms with E-state index in [1.807, 2.05) is 0 Å². The summed E-state index contributed by atoms with van der Waals surface area (Å²) in [5.41, 5.74) is 0. The zero-order chi connectivity index (χ0) is 15.5. The number of amides is 1. The van der Waals surface area contributed by atoms with Gasteiger partial charge in [-0.05, 0) is 37.8 Å². The van der Waals surface area contributed by atoms with Gasteiger partial charge in [0.15, 0.2) is 5.76 Å². The summed E-state index contributed by atoms with van der Waals surface area (Å²) in [5, 5.41) is 5.89. The lowest BCUT2D eigenvalue weighted by Crippen LogP contribution is -2.57. The molecular formula is C13H16BrCl3N2O2. The summed E-state index contributed by atoms with van der Waals surface area (Å²) in [6.07, 6.45) is 4.67. The summed E-state index contributed by atoms with van der Waals surface area (Å²) < 4.78 is 3.39. The van der Waals surface area contributed by atoms with E-state index in [1.165, 1.54) is 6.26 Å². The van der Waals surface area contributed by atoms with Crippen LogP contribution in [0.5, 0.6) is 0 Å². The first-order valence-electron chi connectivity index (χ1n) is 6.67. The normalized spacial score (nSPS) is 24.6. The summed E-state index contributed by atoms with van der Waals surface area (Å²) in [6, 6.07) is 3.39. The van der Waals surface area contributed by atoms with Gasteiger partial charge in [0.05, 0.1) is 6.26 Å². The second kappa shape index (κ2) is 7.55. The van der Waals surface area contributed by atoms with E-state index in [9.17, 15) is 4.79 Å². The zero-order valence-corrected chi connectivity index (χ0v) is 15.0. The standard InChI is InChI=1S/C13H16BrCl3N2O2/c14-8-3-5-9(6-4-8)18-12(13(15,16)17)19-11(20)10-2-1-7-21-10/h1-2,7-9,12,18H,3-6H2,(H,19,20). The summed E-state index contributed by atoms with van der Waals surface area (Å²) in [6.45, 7) is 0. The molecule has 1 aliphatic rings. The lowest BCUT2D eigenvalue weighted by atomic mass is 9.95. The van der Waals surface area contributed by atoms with Crippen LogP contribution in [-0.2, 0) is 0 Å². The molecule has 1 aromatic rings. The molecule has 1 heterocycles. The van der Waals surface area contributed by atoms with Crippen molar-refractivity contribution in [2.75, 3.05) is 0 Å². The van der Waals surface area contributed by atoms with Gasteiger partial charge in [0, 0.05) is 10.9 Å². The summed E-state index contributed by atoms with van der Waals surface area (Å²) in [5.74, 6) is -0.238. The van der Waals surface area contributed by atoms with Gasteiger partial charge in [-0.2, -0.15) is 0 Å². The molecule has 1 amide bonds. The van der Waals surface area contributed by atoms with Crippen molar-refractivity contribution in [3.05, 3.63) is 24.2 Å². The average Bonchev–Trinajstić information content (AvgIpc) is 2.93. The van der Waals surface area contributed by atoms with Crippen LogP contribution in [0.4, 0.5) is 0 Å². The van der Waals surface area contributed by atoms with Crippen LogP contribution >= 0.6 is 50.7 Å². The van der Waals surface area contributed by atoms with Gasteiger partial charge in [0.25, 0.3) is 5.91 Å². The second-order valence-electron chi connectivity index (χ2n) is 5.04. The van der Waals surface area contributed by atoms with Gasteiger partial charge < -0.3 is 9.73 Å². The molecule has 1 aromatic heterocycles. The average molecular weight is 419 g/mol. The monoisotopic (exact) mass is 416 g/mol. The van der Waals surface area contributed by atoms with Crippen LogP contribution < -0.4 is 10.6 Å². The first kappa shape index (κ1) is 17.4. The maximum atomic E-state index is 12.0. The molecule has 0 radical (unpaired) electrons. The van der Waals surface area contributed by atoms with Crippen LogP contribution in [0.2, 0.25) is 0 Å². The van der Waals surface area contributed by atoms with Crippen molar-refractivity contribution in [1.29, 1.82) is 0 Å². The van der Waals surface area contributed by atoms with E-state index in [2.05, 4.69) is 26.6 Å². The fourth-order valence-electron chi connectivity index (χ4n) is 2.28. The molecule has 2 rings (SSSR count). The first-order valence-corrected chi connectivity index (χ1v) is 8.72. The van der Waals surface area contributed by atoms with Crippen LogP contribution in [0, 0.1) is 0 Å². The molecule has 1 saturated carbocycles. The molecule has 21 heavy (non-hydrogen) atoms. The van der Waals surface area contributed by atoms with Crippen LogP contribution in [0.15, 0.2) is 22.8 Å². The van der Waals surface area contributed by atoms with Crippen molar-refractivity contribution in [2.24, 2.45) is 0 Å². The molecule has 0 saturated heterocycles. The number of hydrogen-bond acceptors (Lipinski definition) is 3. The molecular weight excluding hydrogens is 402 g/mol. The summed E-state index contributed by atoms with van der Waals surface area (Å²) in [4.78, 5) is 12.6. The molecule has 0 bridgehead atoms. The topological polar surface area (TPSA) is 54.3 Å². The van der Waals surface area contributed by atoms with Crippen molar-refractivity contribution in [3.63, 3.8) is 0 Å². The van der Waals surface area contributed by atoms with Crippen molar-refractivity contribution in [1.82, 2.24) is 10.6 Å². The predicted molar refractivity (Wildman–Crippen MR) is 88.4 cm³/mol. The fraction of sp³-hybridized carbons (Fsp3) is 0.615. The molecule has 0 spiro atoms. The molecule has 0 aliphatic heterocycles. The third kappa shape index (κ3) is 5.32. The summed E-state index contributed by atoms with van der Waals surface area (Å²) >= 11 is 21.5. The molecule has 8 heteroatoms. The van der Waals surface area contributed by atoms with Crippen molar-refractivity contribution >= 4 is 56.6 Å². The smallest absolute Gasteiger partial charge is 0.288 e. The second-order valence-corrected chi connectivity index (χ2v) is 8.70. The van der Waals surface area contributed by atoms with E-state index in [-0.39, 0.29) is 11.8 Å². The molecule has 4 nitrogen and oxygen atoms in total. The molecule has 1 aliphatic carbocycles. The number of carbonyl (C=O) groups is 1. The van der Waals surface area contributed by atoms with Crippen molar-refractivity contribution in [3.8, 4) is 0 Å². The first-order chi connectivity index (χ1) is 9.86. The van der Waals surface area contributed by atoms with E-state index >= 15 is 0 Å². The zero-order valence-electron chi connectivity index (χ0n) is 11.1. The predicted octanol–water partition coefficient (Wildman–Crippen LogP) is 4.00. The Morgan fingerprint density at radius 1 is 1.33 bits per heavy atom. The molecule has 2 N–H and O–H groups in total. The Kier molecular flexibility index (Phi) is 6.26. The Labute approximate surface area is 147 Å². The van der Waals surface area contributed by atoms with Crippen molar-refractivity contribution in [2.45, 2.75) is 46.5 Å². The van der Waals surface area contributed by atoms with Crippen LogP contribution in [-0.4, -0.2) is 26.7 Å². The van der Waals surface area contributed by atoms with Gasteiger partial charge in [0.2, 0.25) is 3.79 Å². The molecule has 118 valence electrons.